The van der Waals surface area contributed by atoms with E-state index in [1.54, 1.807) is 11.6 Å². The lowest BCUT2D eigenvalue weighted by atomic mass is 10.0. The predicted molar refractivity (Wildman–Crippen MR) is 80.2 cm³/mol. The van der Waals surface area contributed by atoms with Gasteiger partial charge in [0.15, 0.2) is 10.8 Å². The molecule has 0 aliphatic carbocycles. The van der Waals surface area contributed by atoms with Crippen LogP contribution in [0.1, 0.15) is 33.6 Å². The Morgan fingerprint density at radius 1 is 1.50 bits per heavy atom. The number of nitrogens with two attached hydrogens (primary N) is 1. The quantitative estimate of drug-likeness (QED) is 0.554. The molecule has 20 heavy (non-hydrogen) atoms. The third-order valence-electron chi connectivity index (χ3n) is 2.90. The first-order chi connectivity index (χ1) is 9.30. The van der Waals surface area contributed by atoms with Crippen LogP contribution < -0.4 is 16.0 Å². The van der Waals surface area contributed by atoms with E-state index in [1.165, 1.54) is 15.7 Å². The molecule has 9 heteroatoms. The van der Waals surface area contributed by atoms with E-state index in [0.29, 0.717) is 4.96 Å². The van der Waals surface area contributed by atoms with Gasteiger partial charge in [0, 0.05) is 17.1 Å². The molecule has 2 aromatic heterocycles. The van der Waals surface area contributed by atoms with Crippen LogP contribution in [0.15, 0.2) is 16.6 Å². The number of rotatable bonds is 6. The van der Waals surface area contributed by atoms with E-state index in [9.17, 15) is 8.42 Å². The third-order valence-corrected chi connectivity index (χ3v) is 5.37. The van der Waals surface area contributed by atoms with E-state index in [-0.39, 0.29) is 10.8 Å². The minimum Gasteiger partial charge on any atom is -0.306 e. The summed E-state index contributed by atoms with van der Waals surface area (Å²) in [4.78, 5) is 4.74. The Morgan fingerprint density at radius 2 is 2.20 bits per heavy atom. The summed E-state index contributed by atoms with van der Waals surface area (Å²) in [6.07, 6.45) is 3.29. The van der Waals surface area contributed by atoms with Crippen molar-refractivity contribution in [3.63, 3.8) is 0 Å². The van der Waals surface area contributed by atoms with Crippen molar-refractivity contribution >= 4 is 32.1 Å². The fourth-order valence-corrected chi connectivity index (χ4v) is 4.67. The largest absolute Gasteiger partial charge is 0.306 e. The van der Waals surface area contributed by atoms with Crippen LogP contribution in [-0.4, -0.2) is 23.3 Å². The molecular weight excluding hydrogens is 298 g/mol. The molecule has 112 valence electrons. The Labute approximate surface area is 122 Å². The van der Waals surface area contributed by atoms with Crippen molar-refractivity contribution < 1.29 is 8.42 Å². The Bertz CT molecular complexity index is 702. The summed E-state index contributed by atoms with van der Waals surface area (Å²) in [6.45, 7) is 5.73. The van der Waals surface area contributed by atoms with Crippen LogP contribution in [0.5, 0.6) is 0 Å². The number of aromatic nitrogens is 2. The van der Waals surface area contributed by atoms with Crippen LogP contribution in [0, 0.1) is 0 Å². The minimum absolute atomic E-state index is 0.0421. The number of anilines is 1. The number of hydrogen-bond acceptors (Lipinski definition) is 6. The van der Waals surface area contributed by atoms with Gasteiger partial charge in [-0.25, -0.2) is 19.0 Å². The zero-order chi connectivity index (χ0) is 15.0. The molecule has 4 N–H and O–H groups in total. The molecule has 0 radical (unpaired) electrons. The molecule has 0 aliphatic heterocycles. The maximum absolute atomic E-state index is 12.6. The second kappa shape index (κ2) is 5.32. The first kappa shape index (κ1) is 15.2. The molecule has 0 aliphatic rings. The van der Waals surface area contributed by atoms with Crippen LogP contribution in [0.2, 0.25) is 0 Å². The van der Waals surface area contributed by atoms with Gasteiger partial charge in [-0.3, -0.25) is 4.40 Å². The predicted octanol–water partition coefficient (Wildman–Crippen LogP) is 1.54. The van der Waals surface area contributed by atoms with Crippen molar-refractivity contribution in [2.45, 2.75) is 44.2 Å². The highest BCUT2D eigenvalue weighted by Gasteiger charge is 2.31. The topological polar surface area (TPSA) is 102 Å². The molecule has 2 rings (SSSR count). The van der Waals surface area contributed by atoms with Crippen molar-refractivity contribution in [3.8, 4) is 0 Å². The number of hydrogen-bond donors (Lipinski definition) is 3. The number of thiazole rings is 1. The Kier molecular flexibility index (Phi) is 4.05. The van der Waals surface area contributed by atoms with Gasteiger partial charge in [-0.2, -0.15) is 4.98 Å². The highest BCUT2D eigenvalue weighted by Crippen LogP contribution is 2.26. The fraction of sp³-hybridized carbons (Fsp3) is 0.545. The number of nitrogen functional groups attached to an aromatic ring is 1. The van der Waals surface area contributed by atoms with Crippen LogP contribution in [0.4, 0.5) is 5.82 Å². The lowest BCUT2D eigenvalue weighted by Crippen LogP contribution is -2.43. The second-order valence-electron chi connectivity index (χ2n) is 5.20. The average molecular weight is 317 g/mol. The van der Waals surface area contributed by atoms with Gasteiger partial charge in [-0.15, -0.1) is 11.3 Å². The molecule has 2 heterocycles. The van der Waals surface area contributed by atoms with E-state index in [4.69, 9.17) is 5.84 Å². The van der Waals surface area contributed by atoms with Crippen molar-refractivity contribution in [1.82, 2.24) is 14.1 Å². The van der Waals surface area contributed by atoms with Crippen LogP contribution >= 0.6 is 11.3 Å². The summed E-state index contributed by atoms with van der Waals surface area (Å²) in [5.41, 5.74) is 1.82. The number of fused-ring (bicyclic) bond motifs is 1. The highest BCUT2D eigenvalue weighted by molar-refractivity contribution is 7.89. The number of nitrogens with one attached hydrogen (secondary N) is 2. The number of imidazole rings is 1. The molecule has 0 amide bonds. The van der Waals surface area contributed by atoms with Gasteiger partial charge in [0.2, 0.25) is 5.03 Å². The highest BCUT2D eigenvalue weighted by atomic mass is 32.2. The van der Waals surface area contributed by atoms with Crippen molar-refractivity contribution in [2.24, 2.45) is 5.84 Å². The van der Waals surface area contributed by atoms with Crippen LogP contribution in [-0.2, 0) is 10.0 Å². The van der Waals surface area contributed by atoms with Crippen LogP contribution in [0.3, 0.4) is 0 Å². The molecule has 0 fully saturated rings. The summed E-state index contributed by atoms with van der Waals surface area (Å²) < 4.78 is 29.5. The standard InChI is InChI=1S/C11H19N5O2S2/c1-4-5-11(2,3)15-20(17,18)9-8(14-12)13-10-16(9)6-7-19-10/h6-7,14-15H,4-5,12H2,1-3H3. The molecular formula is C11H19N5O2S2. The Balaban J connectivity index is 2.48. The zero-order valence-corrected chi connectivity index (χ0v) is 13.3. The molecule has 7 nitrogen and oxygen atoms in total. The van der Waals surface area contributed by atoms with Crippen molar-refractivity contribution in [3.05, 3.63) is 11.6 Å². The lowest BCUT2D eigenvalue weighted by molar-refractivity contribution is 0.417. The third kappa shape index (κ3) is 2.80. The maximum Gasteiger partial charge on any atom is 0.260 e. The SMILES string of the molecule is CCCC(C)(C)NS(=O)(=O)c1c(NN)nc2sccn12. The maximum atomic E-state index is 12.6. The molecule has 0 saturated heterocycles. The normalized spacial score (nSPS) is 13.0. The van der Waals surface area contributed by atoms with Gasteiger partial charge in [-0.1, -0.05) is 13.3 Å². The van der Waals surface area contributed by atoms with Gasteiger partial charge in [-0.05, 0) is 20.3 Å². The first-order valence-electron chi connectivity index (χ1n) is 6.27. The smallest absolute Gasteiger partial charge is 0.260 e. The molecule has 0 saturated carbocycles. The summed E-state index contributed by atoms with van der Waals surface area (Å²) in [6, 6.07) is 0. The molecule has 0 spiro atoms. The first-order valence-corrected chi connectivity index (χ1v) is 8.63. The second-order valence-corrected chi connectivity index (χ2v) is 7.68. The van der Waals surface area contributed by atoms with E-state index in [1.807, 2.05) is 20.8 Å². The zero-order valence-electron chi connectivity index (χ0n) is 11.7. The van der Waals surface area contributed by atoms with E-state index >= 15 is 0 Å². The molecule has 0 bridgehead atoms. The summed E-state index contributed by atoms with van der Waals surface area (Å²) >= 11 is 1.35. The number of nitrogens with zero attached hydrogens (tertiary/aromatic N) is 2. The van der Waals surface area contributed by atoms with E-state index in [0.717, 1.165) is 12.8 Å². The molecule has 0 atom stereocenters. The molecule has 0 unspecified atom stereocenters. The number of sulfonamides is 1. The average Bonchev–Trinajstić information content (AvgIpc) is 2.84. The Morgan fingerprint density at radius 3 is 2.80 bits per heavy atom. The monoisotopic (exact) mass is 317 g/mol. The minimum atomic E-state index is -3.72. The lowest BCUT2D eigenvalue weighted by Gasteiger charge is -2.25. The summed E-state index contributed by atoms with van der Waals surface area (Å²) in [5.74, 6) is 5.53. The summed E-state index contributed by atoms with van der Waals surface area (Å²) in [7, 11) is -3.72. The summed E-state index contributed by atoms with van der Waals surface area (Å²) in [5, 5.41) is 1.82. The van der Waals surface area contributed by atoms with E-state index < -0.39 is 15.6 Å². The van der Waals surface area contributed by atoms with Crippen molar-refractivity contribution in [1.29, 1.82) is 0 Å². The van der Waals surface area contributed by atoms with Gasteiger partial charge < -0.3 is 5.43 Å². The number of hydrazine groups is 1. The van der Waals surface area contributed by atoms with Gasteiger partial charge >= 0.3 is 0 Å². The van der Waals surface area contributed by atoms with Gasteiger partial charge in [0.1, 0.15) is 0 Å². The molecule has 0 aromatic carbocycles. The Hall–Kier alpha value is -1.16. The van der Waals surface area contributed by atoms with E-state index in [2.05, 4.69) is 15.1 Å². The van der Waals surface area contributed by atoms with Gasteiger partial charge in [0.25, 0.3) is 10.0 Å². The molecule has 2 aromatic rings. The van der Waals surface area contributed by atoms with Crippen LogP contribution in [0.25, 0.3) is 4.96 Å². The van der Waals surface area contributed by atoms with Gasteiger partial charge in [0.05, 0.1) is 0 Å². The fourth-order valence-electron chi connectivity index (χ4n) is 2.20. The van der Waals surface area contributed by atoms with Crippen molar-refractivity contribution in [2.75, 3.05) is 5.43 Å².